The number of hydrogen-bond donors (Lipinski definition) is 1. The van der Waals surface area contributed by atoms with E-state index in [1.807, 2.05) is 36.4 Å². The number of benzene rings is 3. The van der Waals surface area contributed by atoms with E-state index in [1.165, 1.54) is 0 Å². The van der Waals surface area contributed by atoms with Crippen molar-refractivity contribution in [3.63, 3.8) is 0 Å². The molecule has 0 bridgehead atoms. The number of rotatable bonds is 8. The molecular formula is C33H33Cl2N3O6. The van der Waals surface area contributed by atoms with Crippen molar-refractivity contribution in [2.24, 2.45) is 4.99 Å². The molecule has 9 nitrogen and oxygen atoms in total. The molecule has 1 N–H and O–H groups in total. The van der Waals surface area contributed by atoms with Crippen LogP contribution < -0.4 is 4.74 Å². The van der Waals surface area contributed by atoms with Crippen LogP contribution in [-0.2, 0) is 32.0 Å². The zero-order chi connectivity index (χ0) is 30.7. The highest BCUT2D eigenvalue weighted by Crippen LogP contribution is 2.47. The van der Waals surface area contributed by atoms with E-state index in [1.54, 1.807) is 40.1 Å². The summed E-state index contributed by atoms with van der Waals surface area (Å²) in [4.78, 5) is 36.7. The van der Waals surface area contributed by atoms with Gasteiger partial charge in [0.2, 0.25) is 11.8 Å². The molecule has 3 aromatic rings. The largest absolute Gasteiger partial charge is 0.494 e. The van der Waals surface area contributed by atoms with E-state index < -0.39 is 11.6 Å². The summed E-state index contributed by atoms with van der Waals surface area (Å²) < 4.78 is 17.7. The predicted octanol–water partition coefficient (Wildman–Crippen LogP) is 4.46. The molecule has 3 aromatic carbocycles. The fraction of sp³-hybridized carbons (Fsp3) is 0.364. The monoisotopic (exact) mass is 637 g/mol. The van der Waals surface area contributed by atoms with E-state index in [2.05, 4.69) is 0 Å². The lowest BCUT2D eigenvalue weighted by Gasteiger charge is -2.35. The summed E-state index contributed by atoms with van der Waals surface area (Å²) in [5.74, 6) is 0.470. The highest BCUT2D eigenvalue weighted by molar-refractivity contribution is 6.35. The minimum Gasteiger partial charge on any atom is -0.494 e. The lowest BCUT2D eigenvalue weighted by Crippen LogP contribution is -2.53. The molecule has 3 aliphatic rings. The Bertz CT molecular complexity index is 1560. The molecule has 2 atom stereocenters. The number of aliphatic hydroxyl groups excluding tert-OH is 1. The van der Waals surface area contributed by atoms with E-state index in [0.717, 1.165) is 11.1 Å². The molecule has 1 fully saturated rings. The summed E-state index contributed by atoms with van der Waals surface area (Å²) in [5, 5.41) is 9.87. The van der Waals surface area contributed by atoms with Crippen LogP contribution in [0.2, 0.25) is 10.0 Å². The second kappa shape index (κ2) is 13.2. The third-order valence-electron chi connectivity index (χ3n) is 8.17. The first-order chi connectivity index (χ1) is 21.4. The minimum absolute atomic E-state index is 0.0473. The molecular weight excluding hydrogens is 605 g/mol. The van der Waals surface area contributed by atoms with E-state index in [9.17, 15) is 9.59 Å². The van der Waals surface area contributed by atoms with Gasteiger partial charge in [0, 0.05) is 60.3 Å². The van der Waals surface area contributed by atoms with Crippen LogP contribution in [0.3, 0.4) is 0 Å². The van der Waals surface area contributed by atoms with Crippen molar-refractivity contribution in [2.45, 2.75) is 31.0 Å². The van der Waals surface area contributed by atoms with Gasteiger partial charge >= 0.3 is 0 Å². The van der Waals surface area contributed by atoms with Gasteiger partial charge < -0.3 is 29.1 Å². The van der Waals surface area contributed by atoms with E-state index in [0.29, 0.717) is 66.3 Å². The molecule has 2 amide bonds. The van der Waals surface area contributed by atoms with Crippen LogP contribution in [0, 0.1) is 0 Å². The Kier molecular flexibility index (Phi) is 9.09. The maximum absolute atomic E-state index is 14.8. The molecule has 6 rings (SSSR count). The van der Waals surface area contributed by atoms with Gasteiger partial charge in [0.15, 0.2) is 11.6 Å². The number of aliphatic imine (C=N–C) groups is 1. The predicted molar refractivity (Wildman–Crippen MR) is 166 cm³/mol. The summed E-state index contributed by atoms with van der Waals surface area (Å²) >= 11 is 13.0. The second-order valence-electron chi connectivity index (χ2n) is 11.1. The maximum Gasteiger partial charge on any atom is 0.256 e. The number of carbonyl (C=O) groups is 2. The Morgan fingerprint density at radius 2 is 1.80 bits per heavy atom. The number of fused-ring (bicyclic) bond motifs is 1. The maximum atomic E-state index is 14.8. The van der Waals surface area contributed by atoms with Gasteiger partial charge in [-0.3, -0.25) is 9.59 Å². The molecule has 1 spiro atoms. The van der Waals surface area contributed by atoms with Crippen molar-refractivity contribution in [3.05, 3.63) is 99.0 Å². The van der Waals surface area contributed by atoms with Gasteiger partial charge in [-0.15, -0.1) is 0 Å². The first-order valence-corrected chi connectivity index (χ1v) is 15.4. The average Bonchev–Trinajstić information content (AvgIpc) is 3.36. The van der Waals surface area contributed by atoms with Gasteiger partial charge in [-0.05, 0) is 47.5 Å². The van der Waals surface area contributed by atoms with Crippen LogP contribution in [-0.4, -0.2) is 84.2 Å². The topological polar surface area (TPSA) is 101 Å². The van der Waals surface area contributed by atoms with Crippen molar-refractivity contribution < 1.29 is 28.9 Å². The van der Waals surface area contributed by atoms with Gasteiger partial charge in [0.25, 0.3) is 5.91 Å². The van der Waals surface area contributed by atoms with Crippen LogP contribution in [0.4, 0.5) is 0 Å². The lowest BCUT2D eigenvalue weighted by atomic mass is 9.81. The first kappa shape index (κ1) is 30.4. The molecule has 0 aliphatic carbocycles. The van der Waals surface area contributed by atoms with Crippen LogP contribution in [0.15, 0.2) is 71.7 Å². The van der Waals surface area contributed by atoms with Crippen molar-refractivity contribution in [1.29, 1.82) is 0 Å². The summed E-state index contributed by atoms with van der Waals surface area (Å²) in [5.41, 5.74) is 1.68. The van der Waals surface area contributed by atoms with Gasteiger partial charge in [-0.1, -0.05) is 53.5 Å². The van der Waals surface area contributed by atoms with E-state index in [-0.39, 0.29) is 43.8 Å². The Morgan fingerprint density at radius 3 is 2.52 bits per heavy atom. The van der Waals surface area contributed by atoms with E-state index in [4.69, 9.17) is 47.5 Å². The van der Waals surface area contributed by atoms with E-state index >= 15 is 0 Å². The van der Waals surface area contributed by atoms with Crippen molar-refractivity contribution in [2.75, 3.05) is 46.1 Å². The molecule has 230 valence electrons. The SMILES string of the molecule is O=C(CN1Cc2ccccc2C[C@@]2(N=C(c3ccc(OCCCO)cc3)O[C@H]2c2ccc(Cl)cc2Cl)C1=O)N1CCOCC1. The zero-order valence-electron chi connectivity index (χ0n) is 24.1. The Balaban J connectivity index is 1.42. The van der Waals surface area contributed by atoms with Gasteiger partial charge in [0.1, 0.15) is 12.3 Å². The first-order valence-electron chi connectivity index (χ1n) is 14.7. The second-order valence-corrected chi connectivity index (χ2v) is 11.9. The molecule has 44 heavy (non-hydrogen) atoms. The van der Waals surface area contributed by atoms with Crippen LogP contribution in [0.5, 0.6) is 5.75 Å². The Hall–Kier alpha value is -3.63. The third kappa shape index (κ3) is 6.15. The smallest absolute Gasteiger partial charge is 0.256 e. The minimum atomic E-state index is -1.44. The van der Waals surface area contributed by atoms with Crippen LogP contribution >= 0.6 is 23.2 Å². The normalized spacial score (nSPS) is 21.5. The summed E-state index contributed by atoms with van der Waals surface area (Å²) in [6.45, 7) is 2.51. The number of hydrogen-bond acceptors (Lipinski definition) is 7. The highest BCUT2D eigenvalue weighted by Gasteiger charge is 2.56. The number of amides is 2. The quantitative estimate of drug-likeness (QED) is 0.366. The molecule has 3 heterocycles. The van der Waals surface area contributed by atoms with Crippen molar-refractivity contribution in [1.82, 2.24) is 9.80 Å². The third-order valence-corrected chi connectivity index (χ3v) is 8.73. The Morgan fingerprint density at radius 1 is 1.05 bits per heavy atom. The summed E-state index contributed by atoms with van der Waals surface area (Å²) in [6.07, 6.45) is -0.111. The Labute approximate surface area is 265 Å². The fourth-order valence-electron chi connectivity index (χ4n) is 5.89. The molecule has 1 saturated heterocycles. The highest BCUT2D eigenvalue weighted by atomic mass is 35.5. The number of halogens is 2. The molecule has 0 aromatic heterocycles. The molecule has 0 saturated carbocycles. The van der Waals surface area contributed by atoms with Gasteiger partial charge in [-0.2, -0.15) is 0 Å². The summed E-state index contributed by atoms with van der Waals surface area (Å²) in [6, 6.07) is 20.2. The van der Waals surface area contributed by atoms with Crippen LogP contribution in [0.1, 0.15) is 34.8 Å². The zero-order valence-corrected chi connectivity index (χ0v) is 25.6. The van der Waals surface area contributed by atoms with Crippen LogP contribution in [0.25, 0.3) is 0 Å². The van der Waals surface area contributed by atoms with Crippen molar-refractivity contribution >= 4 is 40.9 Å². The van der Waals surface area contributed by atoms with Gasteiger partial charge in [-0.25, -0.2) is 4.99 Å². The van der Waals surface area contributed by atoms with Gasteiger partial charge in [0.05, 0.1) is 19.8 Å². The fourth-order valence-corrected chi connectivity index (χ4v) is 6.40. The standard InChI is InChI=1S/C33H33Cl2N3O6/c34-25-8-11-27(28(35)18-25)30-33(36-31(44-30)22-6-9-26(10-7-22)43-15-3-14-39)19-23-4-1-2-5-24(23)20-38(32(33)41)21-29(40)37-12-16-42-17-13-37/h1-2,4-11,18,30,39H,3,12-17,19-21H2/t30-,33-/m0/s1. The summed E-state index contributed by atoms with van der Waals surface area (Å²) in [7, 11) is 0. The molecule has 3 aliphatic heterocycles. The number of aliphatic hydroxyl groups is 1. The molecule has 0 unspecified atom stereocenters. The molecule has 11 heteroatoms. The molecule has 0 radical (unpaired) electrons. The number of ether oxygens (including phenoxy) is 3. The number of carbonyl (C=O) groups excluding carboxylic acids is 2. The number of morpholine rings is 1. The van der Waals surface area contributed by atoms with Crippen molar-refractivity contribution in [3.8, 4) is 5.75 Å². The number of nitrogens with zero attached hydrogens (tertiary/aromatic N) is 3. The average molecular weight is 639 g/mol. The lowest BCUT2D eigenvalue weighted by molar-refractivity contribution is -0.147.